The first-order chi connectivity index (χ1) is 9.11. The highest BCUT2D eigenvalue weighted by Crippen LogP contribution is 2.21. The van der Waals surface area contributed by atoms with Crippen LogP contribution in [0.4, 0.5) is 0 Å². The topological polar surface area (TPSA) is 46.5 Å². The minimum Gasteiger partial charge on any atom is -0.457 e. The van der Waals surface area contributed by atoms with Gasteiger partial charge in [-0.2, -0.15) is 0 Å². The van der Waals surface area contributed by atoms with Gasteiger partial charge >= 0.3 is 5.97 Å². The van der Waals surface area contributed by atoms with E-state index < -0.39 is 0 Å². The van der Waals surface area contributed by atoms with Crippen molar-refractivity contribution in [2.45, 2.75) is 20.1 Å². The lowest BCUT2D eigenvalue weighted by Crippen LogP contribution is -2.05. The van der Waals surface area contributed by atoms with Crippen LogP contribution in [0.3, 0.4) is 0 Å². The number of benzene rings is 2. The first-order valence-corrected chi connectivity index (χ1v) is 6.06. The highest BCUT2D eigenvalue weighted by Gasteiger charge is 2.06. The van der Waals surface area contributed by atoms with Crippen LogP contribution in [0.5, 0.6) is 0 Å². The molecule has 1 N–H and O–H groups in total. The number of esters is 1. The Labute approximate surface area is 112 Å². The molecule has 0 aromatic heterocycles. The van der Waals surface area contributed by atoms with E-state index in [1.165, 1.54) is 0 Å². The van der Waals surface area contributed by atoms with Gasteiger partial charge in [0.15, 0.2) is 0 Å². The number of fused-ring (bicyclic) bond motifs is 1. The molecule has 0 aliphatic rings. The molecule has 3 nitrogen and oxygen atoms in total. The summed E-state index contributed by atoms with van der Waals surface area (Å²) in [5.41, 5.74) is 2.20. The highest BCUT2D eigenvalue weighted by molar-refractivity contribution is 5.88. The highest BCUT2D eigenvalue weighted by atomic mass is 16.5. The standard InChI is InChI=1S/C16H16O3/c1-11(2)16(18)19-10-14-5-3-4-13-8-12(9-17)6-7-15(13)14/h3-8,17H,1,9-10H2,2H3. The molecule has 0 saturated heterocycles. The normalized spacial score (nSPS) is 10.4. The van der Waals surface area contributed by atoms with Gasteiger partial charge in [-0.05, 0) is 34.9 Å². The molecule has 0 heterocycles. The van der Waals surface area contributed by atoms with Crippen LogP contribution in [0.1, 0.15) is 18.1 Å². The van der Waals surface area contributed by atoms with E-state index in [1.54, 1.807) is 6.92 Å². The van der Waals surface area contributed by atoms with Gasteiger partial charge in [0, 0.05) is 5.57 Å². The monoisotopic (exact) mass is 256 g/mol. The van der Waals surface area contributed by atoms with Crippen LogP contribution >= 0.6 is 0 Å². The Morgan fingerprint density at radius 2 is 2.11 bits per heavy atom. The van der Waals surface area contributed by atoms with Gasteiger partial charge in [0.2, 0.25) is 0 Å². The molecule has 0 bridgehead atoms. The number of aliphatic hydroxyl groups excluding tert-OH is 1. The van der Waals surface area contributed by atoms with Crippen molar-refractivity contribution in [3.05, 3.63) is 59.7 Å². The van der Waals surface area contributed by atoms with Crippen LogP contribution in [0.15, 0.2) is 48.6 Å². The first kappa shape index (κ1) is 13.3. The molecule has 2 aromatic carbocycles. The van der Waals surface area contributed by atoms with Crippen molar-refractivity contribution < 1.29 is 14.6 Å². The number of hydrogen-bond donors (Lipinski definition) is 1. The summed E-state index contributed by atoms with van der Waals surface area (Å²) in [5, 5.41) is 11.2. The van der Waals surface area contributed by atoms with E-state index in [0.29, 0.717) is 5.57 Å². The lowest BCUT2D eigenvalue weighted by molar-refractivity contribution is -0.140. The fourth-order valence-corrected chi connectivity index (χ4v) is 1.89. The van der Waals surface area contributed by atoms with Crippen molar-refractivity contribution in [2.24, 2.45) is 0 Å². The third kappa shape index (κ3) is 3.01. The van der Waals surface area contributed by atoms with E-state index in [1.807, 2.05) is 36.4 Å². The van der Waals surface area contributed by atoms with E-state index in [9.17, 15) is 4.79 Å². The molecule has 0 amide bonds. The fraction of sp³-hybridized carbons (Fsp3) is 0.188. The zero-order valence-corrected chi connectivity index (χ0v) is 10.8. The van der Waals surface area contributed by atoms with Crippen molar-refractivity contribution >= 4 is 16.7 Å². The lowest BCUT2D eigenvalue weighted by atomic mass is 10.0. The predicted molar refractivity (Wildman–Crippen MR) is 74.5 cm³/mol. The molecular formula is C16H16O3. The van der Waals surface area contributed by atoms with Crippen molar-refractivity contribution in [1.82, 2.24) is 0 Å². The van der Waals surface area contributed by atoms with Gasteiger partial charge < -0.3 is 9.84 Å². The quantitative estimate of drug-likeness (QED) is 0.675. The molecule has 98 valence electrons. The van der Waals surface area contributed by atoms with Crippen molar-refractivity contribution in [3.8, 4) is 0 Å². The molecule has 19 heavy (non-hydrogen) atoms. The second-order valence-electron chi connectivity index (χ2n) is 4.49. The van der Waals surface area contributed by atoms with Crippen LogP contribution in [-0.4, -0.2) is 11.1 Å². The Balaban J connectivity index is 2.28. The third-order valence-corrected chi connectivity index (χ3v) is 2.92. The molecule has 0 spiro atoms. The Kier molecular flexibility index (Phi) is 3.97. The molecule has 0 saturated carbocycles. The van der Waals surface area contributed by atoms with Crippen LogP contribution in [0, 0.1) is 0 Å². The molecule has 0 unspecified atom stereocenters. The molecule has 3 heteroatoms. The van der Waals surface area contributed by atoms with Crippen LogP contribution in [0.2, 0.25) is 0 Å². The second kappa shape index (κ2) is 5.67. The summed E-state index contributed by atoms with van der Waals surface area (Å²) in [4.78, 5) is 11.4. The molecular weight excluding hydrogens is 240 g/mol. The SMILES string of the molecule is C=C(C)C(=O)OCc1cccc2cc(CO)ccc12. The average Bonchev–Trinajstić information content (AvgIpc) is 2.43. The number of carbonyl (C=O) groups excluding carboxylic acids is 1. The van der Waals surface area contributed by atoms with Gasteiger partial charge in [-0.1, -0.05) is 36.9 Å². The molecule has 0 aliphatic heterocycles. The Bertz CT molecular complexity index is 629. The summed E-state index contributed by atoms with van der Waals surface area (Å²) in [7, 11) is 0. The third-order valence-electron chi connectivity index (χ3n) is 2.92. The number of rotatable bonds is 4. The van der Waals surface area contributed by atoms with Crippen molar-refractivity contribution in [3.63, 3.8) is 0 Å². The summed E-state index contributed by atoms with van der Waals surface area (Å²) >= 11 is 0. The lowest BCUT2D eigenvalue weighted by Gasteiger charge is -2.09. The summed E-state index contributed by atoms with van der Waals surface area (Å²) in [6.07, 6.45) is 0. The number of hydrogen-bond acceptors (Lipinski definition) is 3. The zero-order valence-electron chi connectivity index (χ0n) is 10.8. The summed E-state index contributed by atoms with van der Waals surface area (Å²) in [6.45, 7) is 5.42. The second-order valence-corrected chi connectivity index (χ2v) is 4.49. The van der Waals surface area contributed by atoms with Crippen LogP contribution in [0.25, 0.3) is 10.8 Å². The smallest absolute Gasteiger partial charge is 0.333 e. The van der Waals surface area contributed by atoms with Gasteiger partial charge in [-0.15, -0.1) is 0 Å². The number of ether oxygens (including phenoxy) is 1. The van der Waals surface area contributed by atoms with Gasteiger partial charge in [0.05, 0.1) is 6.61 Å². The molecule has 2 aromatic rings. The maximum atomic E-state index is 11.4. The number of carbonyl (C=O) groups is 1. The minimum absolute atomic E-state index is 0.0187. The number of aliphatic hydroxyl groups is 1. The van der Waals surface area contributed by atoms with Crippen LogP contribution in [-0.2, 0) is 22.7 Å². The summed E-state index contributed by atoms with van der Waals surface area (Å²) in [5.74, 6) is -0.385. The Hall–Kier alpha value is -2.13. The van der Waals surface area contributed by atoms with E-state index in [4.69, 9.17) is 9.84 Å². The predicted octanol–water partition coefficient (Wildman–Crippen LogP) is 2.95. The van der Waals surface area contributed by atoms with E-state index in [0.717, 1.165) is 21.9 Å². The van der Waals surface area contributed by atoms with Gasteiger partial charge in [0.25, 0.3) is 0 Å². The van der Waals surface area contributed by atoms with E-state index >= 15 is 0 Å². The molecule has 0 aliphatic carbocycles. The Morgan fingerprint density at radius 1 is 1.32 bits per heavy atom. The average molecular weight is 256 g/mol. The Morgan fingerprint density at radius 3 is 2.79 bits per heavy atom. The largest absolute Gasteiger partial charge is 0.457 e. The van der Waals surface area contributed by atoms with E-state index in [2.05, 4.69) is 6.58 Å². The van der Waals surface area contributed by atoms with E-state index in [-0.39, 0.29) is 19.2 Å². The first-order valence-electron chi connectivity index (χ1n) is 6.06. The molecule has 0 fully saturated rings. The molecule has 2 rings (SSSR count). The van der Waals surface area contributed by atoms with Crippen LogP contribution < -0.4 is 0 Å². The minimum atomic E-state index is -0.385. The zero-order chi connectivity index (χ0) is 13.8. The summed E-state index contributed by atoms with van der Waals surface area (Å²) < 4.78 is 5.17. The molecule has 0 radical (unpaired) electrons. The van der Waals surface area contributed by atoms with Gasteiger partial charge in [0.1, 0.15) is 6.61 Å². The van der Waals surface area contributed by atoms with Gasteiger partial charge in [-0.25, -0.2) is 4.79 Å². The van der Waals surface area contributed by atoms with Gasteiger partial charge in [-0.3, -0.25) is 0 Å². The maximum absolute atomic E-state index is 11.4. The fourth-order valence-electron chi connectivity index (χ4n) is 1.89. The summed E-state index contributed by atoms with van der Waals surface area (Å²) in [6, 6.07) is 11.5. The maximum Gasteiger partial charge on any atom is 0.333 e. The van der Waals surface area contributed by atoms with Crippen molar-refractivity contribution in [2.75, 3.05) is 0 Å². The molecule has 0 atom stereocenters. The van der Waals surface area contributed by atoms with Crippen molar-refractivity contribution in [1.29, 1.82) is 0 Å².